The lowest BCUT2D eigenvalue weighted by Crippen LogP contribution is -2.00. The highest BCUT2D eigenvalue weighted by Crippen LogP contribution is 2.34. The highest BCUT2D eigenvalue weighted by Gasteiger charge is 2.18. The molecule has 0 unspecified atom stereocenters. The number of benzene rings is 4. The Morgan fingerprint density at radius 3 is 1.76 bits per heavy atom. The first-order valence-electron chi connectivity index (χ1n) is 13.5. The molecule has 0 fully saturated rings. The Hall–Kier alpha value is -5.75. The van der Waals surface area contributed by atoms with E-state index in [9.17, 15) is 0 Å². The Bertz CT molecular complexity index is 2150. The van der Waals surface area contributed by atoms with Crippen molar-refractivity contribution in [1.82, 2.24) is 29.3 Å². The van der Waals surface area contributed by atoms with Gasteiger partial charge in [0.25, 0.3) is 0 Å². The number of rotatable bonds is 4. The van der Waals surface area contributed by atoms with E-state index in [1.165, 1.54) is 0 Å². The van der Waals surface area contributed by atoms with Gasteiger partial charge in [-0.3, -0.25) is 4.40 Å². The first-order valence-corrected chi connectivity index (χ1v) is 13.5. The minimum absolute atomic E-state index is 0.606. The van der Waals surface area contributed by atoms with E-state index in [4.69, 9.17) is 24.9 Å². The van der Waals surface area contributed by atoms with Crippen molar-refractivity contribution in [2.75, 3.05) is 0 Å². The van der Waals surface area contributed by atoms with Crippen LogP contribution in [0.25, 0.3) is 73.0 Å². The number of pyridine rings is 2. The summed E-state index contributed by atoms with van der Waals surface area (Å²) in [5, 5.41) is 1.03. The maximum Gasteiger partial charge on any atom is 0.164 e. The van der Waals surface area contributed by atoms with Crippen LogP contribution in [-0.4, -0.2) is 29.3 Å². The van der Waals surface area contributed by atoms with Gasteiger partial charge in [0.1, 0.15) is 11.2 Å². The van der Waals surface area contributed by atoms with Gasteiger partial charge in [0.05, 0.1) is 16.7 Å². The lowest BCUT2D eigenvalue weighted by molar-refractivity contribution is 1.07. The predicted molar refractivity (Wildman–Crippen MR) is 163 cm³/mol. The number of para-hydroxylation sites is 1. The zero-order valence-electron chi connectivity index (χ0n) is 21.9. The van der Waals surface area contributed by atoms with Crippen molar-refractivity contribution < 1.29 is 0 Å². The van der Waals surface area contributed by atoms with Crippen LogP contribution in [0.1, 0.15) is 0 Å². The highest BCUT2D eigenvalue weighted by atomic mass is 15.0. The molecule has 0 saturated carbocycles. The average Bonchev–Trinajstić information content (AvgIpc) is 3.45. The van der Waals surface area contributed by atoms with E-state index in [1.54, 1.807) is 0 Å². The number of fused-ring (bicyclic) bond motifs is 5. The van der Waals surface area contributed by atoms with Crippen molar-refractivity contribution in [1.29, 1.82) is 0 Å². The standard InChI is InChI=1S/C35H22N6/c1-3-12-23(13-4-1)33-38-34(24-14-5-2-6-15-24)40-35(39-33)26-17-11-16-25(22-26)30-32-31(27-18-7-8-19-28(27)36-30)37-29-20-9-10-21-41(29)32/h1-22H. The number of nitrogens with zero attached hydrogens (tertiary/aromatic N) is 6. The van der Waals surface area contributed by atoms with Crippen LogP contribution in [0.2, 0.25) is 0 Å². The molecule has 0 aliphatic carbocycles. The van der Waals surface area contributed by atoms with Crippen LogP contribution in [0.15, 0.2) is 134 Å². The van der Waals surface area contributed by atoms with Gasteiger partial charge in [0.15, 0.2) is 17.5 Å². The van der Waals surface area contributed by atoms with Gasteiger partial charge in [-0.05, 0) is 24.3 Å². The second-order valence-corrected chi connectivity index (χ2v) is 9.83. The molecule has 4 aromatic carbocycles. The van der Waals surface area contributed by atoms with E-state index in [1.807, 2.05) is 115 Å². The van der Waals surface area contributed by atoms with Crippen molar-refractivity contribution in [2.24, 2.45) is 0 Å². The van der Waals surface area contributed by atoms with Crippen molar-refractivity contribution >= 4 is 27.6 Å². The molecule has 0 radical (unpaired) electrons. The second kappa shape index (κ2) is 9.47. The summed E-state index contributed by atoms with van der Waals surface area (Å²) in [7, 11) is 0. The normalized spacial score (nSPS) is 11.4. The van der Waals surface area contributed by atoms with Gasteiger partial charge < -0.3 is 0 Å². The Morgan fingerprint density at radius 1 is 0.439 bits per heavy atom. The Balaban J connectivity index is 1.36. The van der Waals surface area contributed by atoms with E-state index < -0.39 is 0 Å². The first-order chi connectivity index (χ1) is 20.3. The molecule has 8 rings (SSSR count). The van der Waals surface area contributed by atoms with E-state index >= 15 is 0 Å². The van der Waals surface area contributed by atoms with Gasteiger partial charge in [-0.2, -0.15) is 0 Å². The number of imidazole rings is 1. The van der Waals surface area contributed by atoms with Crippen LogP contribution in [0.4, 0.5) is 0 Å². The Morgan fingerprint density at radius 2 is 1.02 bits per heavy atom. The Kier molecular flexibility index (Phi) is 5.35. The van der Waals surface area contributed by atoms with Crippen LogP contribution >= 0.6 is 0 Å². The lowest BCUT2D eigenvalue weighted by atomic mass is 10.0. The predicted octanol–water partition coefficient (Wildman–Crippen LogP) is 7.89. The number of hydrogen-bond acceptors (Lipinski definition) is 5. The third-order valence-corrected chi connectivity index (χ3v) is 7.24. The average molecular weight is 527 g/mol. The van der Waals surface area contributed by atoms with Crippen molar-refractivity contribution in [3.63, 3.8) is 0 Å². The fourth-order valence-corrected chi connectivity index (χ4v) is 5.30. The van der Waals surface area contributed by atoms with E-state index in [0.29, 0.717) is 17.5 Å². The molecule has 0 bridgehead atoms. The van der Waals surface area contributed by atoms with Crippen molar-refractivity contribution in [2.45, 2.75) is 0 Å². The number of hydrogen-bond donors (Lipinski definition) is 0. The van der Waals surface area contributed by atoms with E-state index in [-0.39, 0.29) is 0 Å². The molecular weight excluding hydrogens is 504 g/mol. The largest absolute Gasteiger partial charge is 0.298 e. The van der Waals surface area contributed by atoms with Gasteiger partial charge >= 0.3 is 0 Å². The highest BCUT2D eigenvalue weighted by molar-refractivity contribution is 6.09. The van der Waals surface area contributed by atoms with Crippen LogP contribution in [0.5, 0.6) is 0 Å². The number of aromatic nitrogens is 6. The fraction of sp³-hybridized carbons (Fsp3) is 0. The van der Waals surface area contributed by atoms with Crippen molar-refractivity contribution in [3.05, 3.63) is 134 Å². The summed E-state index contributed by atoms with van der Waals surface area (Å²) < 4.78 is 2.11. The Labute approximate surface area is 235 Å². The van der Waals surface area contributed by atoms with Crippen LogP contribution in [0.3, 0.4) is 0 Å². The topological polar surface area (TPSA) is 68.9 Å². The zero-order valence-corrected chi connectivity index (χ0v) is 21.9. The molecule has 0 spiro atoms. The third-order valence-electron chi connectivity index (χ3n) is 7.24. The third kappa shape index (κ3) is 4.01. The summed E-state index contributed by atoms with van der Waals surface area (Å²) in [6, 6.07) is 42.5. The molecule has 0 N–H and O–H groups in total. The molecule has 8 aromatic rings. The monoisotopic (exact) mass is 526 g/mol. The molecule has 0 amide bonds. The summed E-state index contributed by atoms with van der Waals surface area (Å²) in [4.78, 5) is 24.8. The van der Waals surface area contributed by atoms with E-state index in [2.05, 4.69) is 22.6 Å². The quantitative estimate of drug-likeness (QED) is 0.233. The SMILES string of the molecule is c1ccc(-c2nc(-c3ccccc3)nc(-c3cccc(-c4nc5ccccc5c5nc6ccccn6c45)c3)n2)cc1. The van der Waals surface area contributed by atoms with E-state index in [0.717, 1.165) is 55.5 Å². The summed E-state index contributed by atoms with van der Waals surface area (Å²) in [5.74, 6) is 1.87. The molecule has 41 heavy (non-hydrogen) atoms. The molecular formula is C35H22N6. The summed E-state index contributed by atoms with van der Waals surface area (Å²) in [6.07, 6.45) is 2.04. The first kappa shape index (κ1) is 23.2. The molecule has 6 nitrogen and oxygen atoms in total. The molecule has 192 valence electrons. The lowest BCUT2D eigenvalue weighted by Gasteiger charge is -2.11. The molecule has 0 atom stereocenters. The molecule has 0 aliphatic heterocycles. The van der Waals surface area contributed by atoms with Gasteiger partial charge in [0.2, 0.25) is 0 Å². The van der Waals surface area contributed by atoms with Gasteiger partial charge in [-0.15, -0.1) is 0 Å². The van der Waals surface area contributed by atoms with Gasteiger partial charge in [0, 0.05) is 33.8 Å². The van der Waals surface area contributed by atoms with Crippen LogP contribution in [-0.2, 0) is 0 Å². The molecule has 0 aliphatic rings. The van der Waals surface area contributed by atoms with Gasteiger partial charge in [-0.1, -0.05) is 103 Å². The smallest absolute Gasteiger partial charge is 0.164 e. The van der Waals surface area contributed by atoms with Crippen LogP contribution in [0, 0.1) is 0 Å². The summed E-state index contributed by atoms with van der Waals surface area (Å²) in [5.41, 5.74) is 8.28. The summed E-state index contributed by atoms with van der Waals surface area (Å²) in [6.45, 7) is 0. The molecule has 4 heterocycles. The molecule has 0 saturated heterocycles. The molecule has 6 heteroatoms. The summed E-state index contributed by atoms with van der Waals surface area (Å²) >= 11 is 0. The zero-order chi connectivity index (χ0) is 27.2. The minimum Gasteiger partial charge on any atom is -0.298 e. The maximum absolute atomic E-state index is 5.15. The minimum atomic E-state index is 0.606. The van der Waals surface area contributed by atoms with Gasteiger partial charge in [-0.25, -0.2) is 24.9 Å². The second-order valence-electron chi connectivity index (χ2n) is 9.83. The van der Waals surface area contributed by atoms with Crippen molar-refractivity contribution in [3.8, 4) is 45.4 Å². The molecule has 4 aromatic heterocycles. The van der Waals surface area contributed by atoms with Crippen LogP contribution < -0.4 is 0 Å². The fourth-order valence-electron chi connectivity index (χ4n) is 5.30. The maximum atomic E-state index is 5.15.